The van der Waals surface area contributed by atoms with Crippen LogP contribution in [-0.2, 0) is 20.9 Å². The van der Waals surface area contributed by atoms with Crippen molar-refractivity contribution >= 4 is 17.8 Å². The van der Waals surface area contributed by atoms with Crippen molar-refractivity contribution in [3.8, 4) is 0 Å². The van der Waals surface area contributed by atoms with Gasteiger partial charge in [-0.05, 0) is 30.2 Å². The van der Waals surface area contributed by atoms with Crippen LogP contribution in [0.3, 0.4) is 0 Å². The summed E-state index contributed by atoms with van der Waals surface area (Å²) in [5.74, 6) is -1.41. The number of cyclic esters (lactones) is 1. The van der Waals surface area contributed by atoms with Gasteiger partial charge in [0, 0.05) is 18.5 Å². The van der Waals surface area contributed by atoms with E-state index in [1.54, 1.807) is 36.4 Å². The minimum atomic E-state index is -0.884. The lowest BCUT2D eigenvalue weighted by Gasteiger charge is -2.29. The Kier molecular flexibility index (Phi) is 4.35. The summed E-state index contributed by atoms with van der Waals surface area (Å²) in [5.41, 5.74) is 1.75. The first-order valence-corrected chi connectivity index (χ1v) is 8.68. The quantitative estimate of drug-likeness (QED) is 0.841. The fraction of sp³-hybridized carbons (Fsp3) is 0.250. The van der Waals surface area contributed by atoms with Gasteiger partial charge in [0.25, 0.3) is 0 Å². The summed E-state index contributed by atoms with van der Waals surface area (Å²) >= 11 is 0. The monoisotopic (exact) mass is 368 g/mol. The zero-order valence-electron chi connectivity index (χ0n) is 14.4. The maximum atomic E-state index is 13.0. The maximum Gasteiger partial charge on any atom is 0.340 e. The molecule has 2 aromatic carbocycles. The van der Waals surface area contributed by atoms with Gasteiger partial charge in [-0.2, -0.15) is 0 Å². The molecule has 1 fully saturated rings. The number of nitrogens with one attached hydrogen (secondary N) is 1. The summed E-state index contributed by atoms with van der Waals surface area (Å²) in [4.78, 5) is 38.5. The van der Waals surface area contributed by atoms with E-state index >= 15 is 0 Å². The van der Waals surface area contributed by atoms with Gasteiger partial charge in [-0.3, -0.25) is 14.5 Å². The summed E-state index contributed by atoms with van der Waals surface area (Å²) in [6, 6.07) is 11.9. The summed E-state index contributed by atoms with van der Waals surface area (Å²) in [6.45, 7) is 0.221. The van der Waals surface area contributed by atoms with E-state index in [4.69, 9.17) is 4.74 Å². The summed E-state index contributed by atoms with van der Waals surface area (Å²) in [7, 11) is 0. The molecule has 2 amide bonds. The number of fused-ring (bicyclic) bond motifs is 1. The number of hydrogen-bond acceptors (Lipinski definition) is 4. The van der Waals surface area contributed by atoms with E-state index in [-0.39, 0.29) is 30.6 Å². The third-order valence-corrected chi connectivity index (χ3v) is 4.86. The first-order chi connectivity index (χ1) is 13.0. The molecule has 0 bridgehead atoms. The van der Waals surface area contributed by atoms with Crippen molar-refractivity contribution in [2.45, 2.75) is 31.7 Å². The molecule has 2 aliphatic heterocycles. The number of amides is 2. The topological polar surface area (TPSA) is 75.7 Å². The molecule has 4 rings (SSSR count). The van der Waals surface area contributed by atoms with Crippen molar-refractivity contribution in [2.75, 3.05) is 0 Å². The minimum Gasteiger partial charge on any atom is -0.433 e. The van der Waals surface area contributed by atoms with Gasteiger partial charge in [0.1, 0.15) is 11.9 Å². The zero-order valence-corrected chi connectivity index (χ0v) is 14.4. The number of rotatable bonds is 4. The molecular weight excluding hydrogens is 351 g/mol. The number of likely N-dealkylation sites (tertiary alicyclic amines) is 1. The van der Waals surface area contributed by atoms with Gasteiger partial charge in [-0.15, -0.1) is 0 Å². The molecule has 0 aliphatic carbocycles. The van der Waals surface area contributed by atoms with E-state index in [1.165, 1.54) is 17.0 Å². The van der Waals surface area contributed by atoms with Gasteiger partial charge >= 0.3 is 5.97 Å². The number of hydrogen-bond donors (Lipinski definition) is 1. The number of ether oxygens (including phenoxy) is 1. The van der Waals surface area contributed by atoms with E-state index in [1.807, 2.05) is 0 Å². The Morgan fingerprint density at radius 3 is 2.67 bits per heavy atom. The number of esters is 1. The van der Waals surface area contributed by atoms with Crippen LogP contribution >= 0.6 is 0 Å². The van der Waals surface area contributed by atoms with Crippen LogP contribution in [0.25, 0.3) is 0 Å². The molecule has 0 aromatic heterocycles. The van der Waals surface area contributed by atoms with Gasteiger partial charge in [-0.1, -0.05) is 30.3 Å². The molecule has 0 saturated carbocycles. The number of benzene rings is 2. The number of carbonyl (C=O) groups excluding carboxylic acids is 3. The molecule has 6 nitrogen and oxygen atoms in total. The highest BCUT2D eigenvalue weighted by molar-refractivity contribution is 5.96. The van der Waals surface area contributed by atoms with Crippen LogP contribution in [0.15, 0.2) is 48.5 Å². The van der Waals surface area contributed by atoms with Crippen LogP contribution in [-0.4, -0.2) is 28.7 Å². The van der Waals surface area contributed by atoms with E-state index in [9.17, 15) is 18.8 Å². The van der Waals surface area contributed by atoms with Crippen molar-refractivity contribution in [1.29, 1.82) is 0 Å². The number of carbonyl (C=O) groups is 3. The summed E-state index contributed by atoms with van der Waals surface area (Å²) < 4.78 is 18.4. The zero-order chi connectivity index (χ0) is 19.0. The average Bonchev–Trinajstić information content (AvgIpc) is 3.21. The van der Waals surface area contributed by atoms with Crippen LogP contribution in [0, 0.1) is 5.82 Å². The van der Waals surface area contributed by atoms with Crippen LogP contribution in [0.5, 0.6) is 0 Å². The fourth-order valence-electron chi connectivity index (χ4n) is 3.50. The molecule has 1 saturated heterocycles. The molecule has 138 valence electrons. The Bertz CT molecular complexity index is 912. The highest BCUT2D eigenvalue weighted by Crippen LogP contribution is 2.38. The predicted octanol–water partition coefficient (Wildman–Crippen LogP) is 2.30. The minimum absolute atomic E-state index is 0.213. The Morgan fingerprint density at radius 2 is 1.89 bits per heavy atom. The van der Waals surface area contributed by atoms with Crippen LogP contribution in [0.1, 0.15) is 40.6 Å². The van der Waals surface area contributed by atoms with E-state index in [2.05, 4.69) is 5.32 Å². The van der Waals surface area contributed by atoms with Gasteiger partial charge < -0.3 is 10.1 Å². The predicted molar refractivity (Wildman–Crippen MR) is 92.7 cm³/mol. The lowest BCUT2D eigenvalue weighted by Crippen LogP contribution is -2.46. The van der Waals surface area contributed by atoms with Gasteiger partial charge in [0.15, 0.2) is 0 Å². The summed E-state index contributed by atoms with van der Waals surface area (Å²) in [5, 5.41) is 2.77. The third-order valence-electron chi connectivity index (χ3n) is 4.86. The van der Waals surface area contributed by atoms with Crippen LogP contribution < -0.4 is 5.32 Å². The lowest BCUT2D eigenvalue weighted by molar-refractivity contribution is -0.145. The fourth-order valence-corrected chi connectivity index (χ4v) is 3.50. The Hall–Kier alpha value is -3.22. The molecule has 2 atom stereocenters. The average molecular weight is 368 g/mol. The molecule has 7 heteroatoms. The molecule has 0 radical (unpaired) electrons. The molecule has 1 N–H and O–H groups in total. The third kappa shape index (κ3) is 3.16. The van der Waals surface area contributed by atoms with Crippen molar-refractivity contribution in [1.82, 2.24) is 10.2 Å². The Morgan fingerprint density at radius 1 is 1.15 bits per heavy atom. The Balaban J connectivity index is 1.51. The Labute approximate surface area is 154 Å². The number of halogens is 1. The first kappa shape index (κ1) is 17.2. The lowest BCUT2D eigenvalue weighted by atomic mass is 10.1. The highest BCUT2D eigenvalue weighted by Gasteiger charge is 2.46. The van der Waals surface area contributed by atoms with Gasteiger partial charge in [0.2, 0.25) is 18.0 Å². The summed E-state index contributed by atoms with van der Waals surface area (Å²) in [6.07, 6.45) is -0.319. The maximum absolute atomic E-state index is 13.0. The van der Waals surface area contributed by atoms with Crippen LogP contribution in [0.2, 0.25) is 0 Å². The molecule has 2 heterocycles. The molecule has 0 spiro atoms. The van der Waals surface area contributed by atoms with E-state index in [0.717, 1.165) is 5.56 Å². The van der Waals surface area contributed by atoms with Crippen molar-refractivity contribution in [3.63, 3.8) is 0 Å². The molecule has 2 aliphatic rings. The molecule has 2 aromatic rings. The van der Waals surface area contributed by atoms with E-state index in [0.29, 0.717) is 17.5 Å². The highest BCUT2D eigenvalue weighted by atomic mass is 19.1. The van der Waals surface area contributed by atoms with Gasteiger partial charge in [-0.25, -0.2) is 9.18 Å². The van der Waals surface area contributed by atoms with Crippen molar-refractivity contribution in [2.24, 2.45) is 0 Å². The van der Waals surface area contributed by atoms with Crippen molar-refractivity contribution in [3.05, 3.63) is 71.0 Å². The molecule has 27 heavy (non-hydrogen) atoms. The second-order valence-corrected chi connectivity index (χ2v) is 6.54. The molecular formula is C20H17FN2O4. The SMILES string of the molecule is O=C1OC(N2C(=O)CC[C@H]2C(=O)NCc2ccc(F)cc2)c2ccccc21. The largest absolute Gasteiger partial charge is 0.433 e. The van der Waals surface area contributed by atoms with E-state index < -0.39 is 18.2 Å². The second kappa shape index (κ2) is 6.83. The number of nitrogens with zero attached hydrogens (tertiary/aromatic N) is 1. The van der Waals surface area contributed by atoms with Crippen molar-refractivity contribution < 1.29 is 23.5 Å². The normalized spacial score (nSPS) is 21.1. The first-order valence-electron chi connectivity index (χ1n) is 8.68. The van der Waals surface area contributed by atoms with Gasteiger partial charge in [0.05, 0.1) is 5.56 Å². The molecule has 1 unspecified atom stereocenters. The standard InChI is InChI=1S/C20H17FN2O4/c21-13-7-5-12(6-8-13)11-22-18(25)16-9-10-17(24)23(16)19-14-3-1-2-4-15(14)20(26)27-19/h1-8,16,19H,9-11H2,(H,22,25)/t16-,19?/m0/s1. The smallest absolute Gasteiger partial charge is 0.340 e. The van der Waals surface area contributed by atoms with Crippen LogP contribution in [0.4, 0.5) is 4.39 Å². The second-order valence-electron chi connectivity index (χ2n) is 6.54.